The Labute approximate surface area is 101 Å². The molecular formula is C11H18N6. The van der Waals surface area contributed by atoms with Crippen LogP contribution in [0.1, 0.15) is 24.0 Å². The van der Waals surface area contributed by atoms with Crippen LogP contribution in [0, 0.1) is 6.92 Å². The minimum Gasteiger partial charge on any atom is -0.316 e. The molecule has 0 spiro atoms. The first-order chi connectivity index (χ1) is 8.26. The van der Waals surface area contributed by atoms with Gasteiger partial charge in [0.25, 0.3) is 0 Å². The maximum absolute atomic E-state index is 4.38. The third-order valence-corrected chi connectivity index (χ3v) is 2.86. The van der Waals surface area contributed by atoms with Crippen molar-refractivity contribution < 1.29 is 0 Å². The molecule has 0 bridgehead atoms. The second kappa shape index (κ2) is 5.09. The summed E-state index contributed by atoms with van der Waals surface area (Å²) in [6.07, 6.45) is 3.49. The summed E-state index contributed by atoms with van der Waals surface area (Å²) in [4.78, 5) is 4.25. The van der Waals surface area contributed by atoms with Crippen molar-refractivity contribution in [2.24, 2.45) is 0 Å². The smallest absolute Gasteiger partial charge is 0.148 e. The molecule has 0 amide bonds. The molecular weight excluding hydrogens is 216 g/mol. The first kappa shape index (κ1) is 11.8. The Morgan fingerprint density at radius 2 is 2.12 bits per heavy atom. The number of nitrogens with one attached hydrogen (secondary N) is 1. The van der Waals surface area contributed by atoms with Crippen molar-refractivity contribution in [2.75, 3.05) is 7.05 Å². The van der Waals surface area contributed by atoms with Gasteiger partial charge in [-0.2, -0.15) is 10.2 Å². The van der Waals surface area contributed by atoms with Crippen LogP contribution < -0.4 is 5.32 Å². The average molecular weight is 234 g/mol. The van der Waals surface area contributed by atoms with E-state index < -0.39 is 0 Å². The molecule has 0 aromatic carbocycles. The molecule has 0 saturated carbocycles. The fourth-order valence-electron chi connectivity index (χ4n) is 1.82. The van der Waals surface area contributed by atoms with Gasteiger partial charge in [0.2, 0.25) is 0 Å². The largest absolute Gasteiger partial charge is 0.316 e. The summed E-state index contributed by atoms with van der Waals surface area (Å²) in [6, 6.07) is 0. The van der Waals surface area contributed by atoms with E-state index in [9.17, 15) is 0 Å². The Balaban J connectivity index is 2.19. The molecule has 6 nitrogen and oxygen atoms in total. The quantitative estimate of drug-likeness (QED) is 0.821. The van der Waals surface area contributed by atoms with E-state index in [0.29, 0.717) is 6.54 Å². The van der Waals surface area contributed by atoms with Crippen molar-refractivity contribution in [3.8, 4) is 0 Å². The summed E-state index contributed by atoms with van der Waals surface area (Å²) < 4.78 is 3.85. The standard InChI is InChI=1S/C11H18N6/c1-4-16-11(13-8-15-16)7-17-9(2)10(5-12-3)6-14-17/h6,8,12H,4-5,7H2,1-3H3. The zero-order valence-electron chi connectivity index (χ0n) is 10.5. The van der Waals surface area contributed by atoms with E-state index in [1.807, 2.05) is 22.6 Å². The molecule has 1 N–H and O–H groups in total. The SMILES string of the molecule is CCn1ncnc1Cn1ncc(CNC)c1C. The molecule has 0 saturated heterocycles. The molecule has 0 fully saturated rings. The molecule has 0 aliphatic carbocycles. The molecule has 2 aromatic rings. The summed E-state index contributed by atoms with van der Waals surface area (Å²) >= 11 is 0. The molecule has 2 heterocycles. The van der Waals surface area contributed by atoms with Crippen LogP contribution in [0.15, 0.2) is 12.5 Å². The summed E-state index contributed by atoms with van der Waals surface area (Å²) in [7, 11) is 1.94. The highest BCUT2D eigenvalue weighted by Crippen LogP contribution is 2.08. The maximum Gasteiger partial charge on any atom is 0.148 e. The average Bonchev–Trinajstić information content (AvgIpc) is 2.91. The molecule has 0 unspecified atom stereocenters. The van der Waals surface area contributed by atoms with Gasteiger partial charge in [-0.05, 0) is 20.9 Å². The van der Waals surface area contributed by atoms with Gasteiger partial charge >= 0.3 is 0 Å². The van der Waals surface area contributed by atoms with Crippen LogP contribution in [0.2, 0.25) is 0 Å². The Kier molecular flexibility index (Phi) is 3.53. The third-order valence-electron chi connectivity index (χ3n) is 2.86. The van der Waals surface area contributed by atoms with E-state index in [1.165, 1.54) is 11.3 Å². The van der Waals surface area contributed by atoms with Crippen LogP contribution in [0.5, 0.6) is 0 Å². The summed E-state index contributed by atoms with van der Waals surface area (Å²) in [5.74, 6) is 0.940. The van der Waals surface area contributed by atoms with Crippen molar-refractivity contribution in [1.82, 2.24) is 29.9 Å². The van der Waals surface area contributed by atoms with Crippen LogP contribution in [-0.2, 0) is 19.6 Å². The van der Waals surface area contributed by atoms with Gasteiger partial charge in [-0.3, -0.25) is 4.68 Å². The van der Waals surface area contributed by atoms with Gasteiger partial charge in [0.1, 0.15) is 18.7 Å². The highest BCUT2D eigenvalue weighted by molar-refractivity contribution is 5.16. The number of aromatic nitrogens is 5. The monoisotopic (exact) mass is 234 g/mol. The van der Waals surface area contributed by atoms with E-state index >= 15 is 0 Å². The van der Waals surface area contributed by atoms with Gasteiger partial charge in [-0.25, -0.2) is 9.67 Å². The second-order valence-corrected chi connectivity index (χ2v) is 3.94. The molecule has 92 valence electrons. The Morgan fingerprint density at radius 1 is 1.29 bits per heavy atom. The number of rotatable bonds is 5. The molecule has 2 aromatic heterocycles. The summed E-state index contributed by atoms with van der Waals surface area (Å²) in [5, 5.41) is 11.7. The van der Waals surface area contributed by atoms with Crippen molar-refractivity contribution >= 4 is 0 Å². The predicted octanol–water partition coefficient (Wildman–Crippen LogP) is 0.571. The highest BCUT2D eigenvalue weighted by Gasteiger charge is 2.09. The van der Waals surface area contributed by atoms with Crippen molar-refractivity contribution in [3.05, 3.63) is 29.6 Å². The lowest BCUT2D eigenvalue weighted by molar-refractivity contribution is 0.560. The first-order valence-electron chi connectivity index (χ1n) is 5.78. The Hall–Kier alpha value is -1.69. The van der Waals surface area contributed by atoms with Crippen LogP contribution in [0.25, 0.3) is 0 Å². The topological polar surface area (TPSA) is 60.6 Å². The number of aryl methyl sites for hydroxylation is 1. The van der Waals surface area contributed by atoms with E-state index in [1.54, 1.807) is 6.33 Å². The van der Waals surface area contributed by atoms with Crippen LogP contribution in [0.4, 0.5) is 0 Å². The van der Waals surface area contributed by atoms with Crippen LogP contribution in [-0.4, -0.2) is 31.6 Å². The molecule has 0 aliphatic heterocycles. The number of nitrogens with zero attached hydrogens (tertiary/aromatic N) is 5. The normalized spacial score (nSPS) is 11.0. The van der Waals surface area contributed by atoms with Gasteiger partial charge in [-0.15, -0.1) is 0 Å². The lowest BCUT2D eigenvalue weighted by Gasteiger charge is -2.06. The van der Waals surface area contributed by atoms with Gasteiger partial charge in [0.15, 0.2) is 0 Å². The zero-order chi connectivity index (χ0) is 12.3. The predicted molar refractivity (Wildman–Crippen MR) is 64.5 cm³/mol. The Bertz CT molecular complexity index is 484. The van der Waals surface area contributed by atoms with Gasteiger partial charge in [-0.1, -0.05) is 0 Å². The van der Waals surface area contributed by atoms with E-state index in [-0.39, 0.29) is 0 Å². The van der Waals surface area contributed by atoms with Crippen molar-refractivity contribution in [1.29, 1.82) is 0 Å². The van der Waals surface area contributed by atoms with Gasteiger partial charge < -0.3 is 5.32 Å². The summed E-state index contributed by atoms with van der Waals surface area (Å²) in [5.41, 5.74) is 2.39. The number of hydrogen-bond acceptors (Lipinski definition) is 4. The molecule has 6 heteroatoms. The Morgan fingerprint density at radius 3 is 2.82 bits per heavy atom. The minimum atomic E-state index is 0.670. The molecule has 2 rings (SSSR count). The van der Waals surface area contributed by atoms with E-state index in [4.69, 9.17) is 0 Å². The second-order valence-electron chi connectivity index (χ2n) is 3.94. The lowest BCUT2D eigenvalue weighted by atomic mass is 10.2. The first-order valence-corrected chi connectivity index (χ1v) is 5.78. The molecule has 0 atom stereocenters. The fraction of sp³-hybridized carbons (Fsp3) is 0.545. The fourth-order valence-corrected chi connectivity index (χ4v) is 1.82. The van der Waals surface area contributed by atoms with Crippen molar-refractivity contribution in [3.63, 3.8) is 0 Å². The zero-order valence-corrected chi connectivity index (χ0v) is 10.5. The minimum absolute atomic E-state index is 0.670. The molecule has 17 heavy (non-hydrogen) atoms. The molecule has 0 radical (unpaired) electrons. The van der Waals surface area contributed by atoms with Crippen LogP contribution in [0.3, 0.4) is 0 Å². The van der Waals surface area contributed by atoms with Gasteiger partial charge in [0.05, 0.1) is 6.20 Å². The number of hydrogen-bond donors (Lipinski definition) is 1. The third kappa shape index (κ3) is 2.36. The van der Waals surface area contributed by atoms with Crippen molar-refractivity contribution in [2.45, 2.75) is 33.5 Å². The van der Waals surface area contributed by atoms with E-state index in [0.717, 1.165) is 18.9 Å². The maximum atomic E-state index is 4.38. The lowest BCUT2D eigenvalue weighted by Crippen LogP contribution is -2.12. The summed E-state index contributed by atoms with van der Waals surface area (Å²) in [6.45, 7) is 6.47. The van der Waals surface area contributed by atoms with E-state index in [2.05, 4.69) is 34.3 Å². The van der Waals surface area contributed by atoms with Crippen LogP contribution >= 0.6 is 0 Å². The molecule has 0 aliphatic rings. The highest BCUT2D eigenvalue weighted by atomic mass is 15.4. The van der Waals surface area contributed by atoms with Gasteiger partial charge in [0, 0.05) is 24.3 Å².